The Morgan fingerprint density at radius 2 is 1.83 bits per heavy atom. The van der Waals surface area contributed by atoms with Crippen molar-refractivity contribution in [2.24, 2.45) is 5.92 Å². The molecular formula is C12H16. The molecule has 0 saturated heterocycles. The standard InChI is InChI=1S/C12H16/c1-10(2)6-8-12(5)9-7-11(3)4/h6,8,11H,1,5H2,2-4H3/b8-6-. The summed E-state index contributed by atoms with van der Waals surface area (Å²) in [4.78, 5) is 0. The average molecular weight is 160 g/mol. The summed E-state index contributed by atoms with van der Waals surface area (Å²) in [5, 5.41) is 0. The van der Waals surface area contributed by atoms with E-state index in [9.17, 15) is 0 Å². The van der Waals surface area contributed by atoms with E-state index >= 15 is 0 Å². The van der Waals surface area contributed by atoms with Gasteiger partial charge in [0.05, 0.1) is 0 Å². The minimum absolute atomic E-state index is 0.403. The largest absolute Gasteiger partial charge is 0.0961 e. The van der Waals surface area contributed by atoms with Gasteiger partial charge in [-0.3, -0.25) is 0 Å². The number of allylic oxidation sites excluding steroid dienone is 4. The van der Waals surface area contributed by atoms with Crippen LogP contribution in [0.2, 0.25) is 0 Å². The monoisotopic (exact) mass is 160 g/mol. The Bertz CT molecular complexity index is 253. The first-order valence-corrected chi connectivity index (χ1v) is 4.06. The van der Waals surface area contributed by atoms with Crippen LogP contribution in [0.15, 0.2) is 36.5 Å². The molecule has 0 aromatic carbocycles. The van der Waals surface area contributed by atoms with Crippen LogP contribution in [0, 0.1) is 17.8 Å². The summed E-state index contributed by atoms with van der Waals surface area (Å²) in [6, 6.07) is 0. The lowest BCUT2D eigenvalue weighted by Gasteiger charge is -1.88. The maximum Gasteiger partial charge on any atom is 0.0173 e. The summed E-state index contributed by atoms with van der Waals surface area (Å²) in [5.74, 6) is 6.41. The lowest BCUT2D eigenvalue weighted by atomic mass is 10.2. The van der Waals surface area contributed by atoms with E-state index in [0.717, 1.165) is 11.1 Å². The summed E-state index contributed by atoms with van der Waals surface area (Å²) < 4.78 is 0. The van der Waals surface area contributed by atoms with Gasteiger partial charge in [0.2, 0.25) is 0 Å². The van der Waals surface area contributed by atoms with Crippen molar-refractivity contribution in [3.05, 3.63) is 36.5 Å². The van der Waals surface area contributed by atoms with Crippen molar-refractivity contribution in [1.82, 2.24) is 0 Å². The summed E-state index contributed by atoms with van der Waals surface area (Å²) in [7, 11) is 0. The van der Waals surface area contributed by atoms with Crippen molar-refractivity contribution in [2.75, 3.05) is 0 Å². The van der Waals surface area contributed by atoms with Crippen LogP contribution in [0.5, 0.6) is 0 Å². The van der Waals surface area contributed by atoms with Gasteiger partial charge in [-0.05, 0) is 13.0 Å². The van der Waals surface area contributed by atoms with Crippen LogP contribution < -0.4 is 0 Å². The maximum absolute atomic E-state index is 3.80. The fourth-order valence-corrected chi connectivity index (χ4v) is 0.522. The van der Waals surface area contributed by atoms with Crippen LogP contribution in [0.25, 0.3) is 0 Å². The zero-order valence-corrected chi connectivity index (χ0v) is 8.15. The molecule has 0 N–H and O–H groups in total. The molecule has 0 saturated carbocycles. The van der Waals surface area contributed by atoms with Gasteiger partial charge in [-0.25, -0.2) is 0 Å². The highest BCUT2D eigenvalue weighted by Gasteiger charge is 1.82. The Labute approximate surface area is 75.7 Å². The van der Waals surface area contributed by atoms with Crippen LogP contribution in [-0.2, 0) is 0 Å². The summed E-state index contributed by atoms with van der Waals surface area (Å²) >= 11 is 0. The summed E-state index contributed by atoms with van der Waals surface area (Å²) in [5.41, 5.74) is 1.86. The molecule has 0 aromatic rings. The first-order chi connectivity index (χ1) is 5.52. The Balaban J connectivity index is 4.10. The lowest BCUT2D eigenvalue weighted by molar-refractivity contribution is 0.866. The van der Waals surface area contributed by atoms with Crippen molar-refractivity contribution in [3.8, 4) is 11.8 Å². The van der Waals surface area contributed by atoms with E-state index in [4.69, 9.17) is 0 Å². The molecule has 0 aliphatic heterocycles. The van der Waals surface area contributed by atoms with E-state index < -0.39 is 0 Å². The predicted molar refractivity (Wildman–Crippen MR) is 55.7 cm³/mol. The van der Waals surface area contributed by atoms with Gasteiger partial charge >= 0.3 is 0 Å². The Morgan fingerprint density at radius 1 is 1.25 bits per heavy atom. The maximum atomic E-state index is 3.80. The minimum Gasteiger partial charge on any atom is -0.0961 e. The molecule has 0 heteroatoms. The molecule has 0 aliphatic rings. The Hall–Kier alpha value is -1.22. The molecule has 0 heterocycles. The topological polar surface area (TPSA) is 0 Å². The van der Waals surface area contributed by atoms with Crippen molar-refractivity contribution in [3.63, 3.8) is 0 Å². The second-order valence-corrected chi connectivity index (χ2v) is 3.13. The van der Waals surface area contributed by atoms with Crippen LogP contribution in [0.4, 0.5) is 0 Å². The SMILES string of the molecule is C=C(C)/C=C\C(=C)C#CC(C)C. The van der Waals surface area contributed by atoms with Gasteiger partial charge in [0.25, 0.3) is 0 Å². The highest BCUT2D eigenvalue weighted by Crippen LogP contribution is 1.96. The fourth-order valence-electron chi connectivity index (χ4n) is 0.522. The van der Waals surface area contributed by atoms with Gasteiger partial charge in [0.1, 0.15) is 0 Å². The average Bonchev–Trinajstić information content (AvgIpc) is 1.96. The second kappa shape index (κ2) is 5.43. The molecular weight excluding hydrogens is 144 g/mol. The van der Waals surface area contributed by atoms with Crippen LogP contribution in [0.1, 0.15) is 20.8 Å². The van der Waals surface area contributed by atoms with E-state index in [2.05, 4.69) is 38.8 Å². The van der Waals surface area contributed by atoms with Crippen LogP contribution >= 0.6 is 0 Å². The third kappa shape index (κ3) is 6.89. The van der Waals surface area contributed by atoms with Gasteiger partial charge in [-0.2, -0.15) is 0 Å². The van der Waals surface area contributed by atoms with Crippen LogP contribution in [-0.4, -0.2) is 0 Å². The third-order valence-electron chi connectivity index (χ3n) is 1.09. The highest BCUT2D eigenvalue weighted by atomic mass is 13.9. The molecule has 0 amide bonds. The first-order valence-electron chi connectivity index (χ1n) is 4.06. The minimum atomic E-state index is 0.403. The van der Waals surface area contributed by atoms with Gasteiger partial charge in [-0.1, -0.05) is 50.5 Å². The number of hydrogen-bond donors (Lipinski definition) is 0. The van der Waals surface area contributed by atoms with Crippen molar-refractivity contribution in [1.29, 1.82) is 0 Å². The molecule has 0 rings (SSSR count). The molecule has 64 valence electrons. The molecule has 0 aromatic heterocycles. The van der Waals surface area contributed by atoms with Crippen molar-refractivity contribution in [2.45, 2.75) is 20.8 Å². The molecule has 12 heavy (non-hydrogen) atoms. The molecule has 0 aliphatic carbocycles. The summed E-state index contributed by atoms with van der Waals surface area (Å²) in [6.07, 6.45) is 3.80. The number of hydrogen-bond acceptors (Lipinski definition) is 0. The Morgan fingerprint density at radius 3 is 2.25 bits per heavy atom. The lowest BCUT2D eigenvalue weighted by Crippen LogP contribution is -1.78. The fraction of sp³-hybridized carbons (Fsp3) is 0.333. The normalized spacial score (nSPS) is 9.67. The van der Waals surface area contributed by atoms with Gasteiger partial charge in [0.15, 0.2) is 0 Å². The van der Waals surface area contributed by atoms with Crippen molar-refractivity contribution >= 4 is 0 Å². The number of rotatable bonds is 2. The molecule has 0 radical (unpaired) electrons. The van der Waals surface area contributed by atoms with E-state index in [0.29, 0.717) is 5.92 Å². The summed E-state index contributed by atoms with van der Waals surface area (Å²) in [6.45, 7) is 13.6. The van der Waals surface area contributed by atoms with Crippen molar-refractivity contribution < 1.29 is 0 Å². The zero-order chi connectivity index (χ0) is 9.56. The van der Waals surface area contributed by atoms with E-state index in [-0.39, 0.29) is 0 Å². The quantitative estimate of drug-likeness (QED) is 0.429. The van der Waals surface area contributed by atoms with E-state index in [1.165, 1.54) is 0 Å². The molecule has 0 unspecified atom stereocenters. The predicted octanol–water partition coefficient (Wildman–Crippen LogP) is 3.33. The molecule has 0 atom stereocenters. The van der Waals surface area contributed by atoms with Crippen LogP contribution in [0.3, 0.4) is 0 Å². The Kier molecular flexibility index (Phi) is 4.88. The van der Waals surface area contributed by atoms with Gasteiger partial charge < -0.3 is 0 Å². The molecule has 0 spiro atoms. The highest BCUT2D eigenvalue weighted by molar-refractivity contribution is 5.37. The second-order valence-electron chi connectivity index (χ2n) is 3.13. The van der Waals surface area contributed by atoms with E-state index in [1.807, 2.05) is 19.1 Å². The molecule has 0 fully saturated rings. The molecule has 0 bridgehead atoms. The molecule has 0 nitrogen and oxygen atoms in total. The van der Waals surface area contributed by atoms with Gasteiger partial charge in [0, 0.05) is 11.5 Å². The first kappa shape index (κ1) is 10.8. The van der Waals surface area contributed by atoms with Gasteiger partial charge in [-0.15, -0.1) is 0 Å². The smallest absolute Gasteiger partial charge is 0.0173 e. The third-order valence-corrected chi connectivity index (χ3v) is 1.09. The zero-order valence-electron chi connectivity index (χ0n) is 8.15. The van der Waals surface area contributed by atoms with E-state index in [1.54, 1.807) is 0 Å².